The van der Waals surface area contributed by atoms with Crippen LogP contribution in [0.4, 0.5) is 0 Å². The zero-order chi connectivity index (χ0) is 11.3. The molecule has 3 N–H and O–H groups in total. The van der Waals surface area contributed by atoms with Gasteiger partial charge in [0.15, 0.2) is 0 Å². The van der Waals surface area contributed by atoms with Gasteiger partial charge in [-0.05, 0) is 18.6 Å². The van der Waals surface area contributed by atoms with E-state index in [9.17, 15) is 4.79 Å². The largest absolute Gasteiger partial charge is 0.394 e. The number of rotatable bonds is 4. The molecule has 1 aromatic heterocycles. The van der Waals surface area contributed by atoms with Crippen molar-refractivity contribution in [2.45, 2.75) is 13.0 Å². The minimum atomic E-state index is -0.627. The van der Waals surface area contributed by atoms with E-state index < -0.39 is 6.04 Å². The van der Waals surface area contributed by atoms with E-state index in [4.69, 9.17) is 10.2 Å². The van der Waals surface area contributed by atoms with E-state index in [0.717, 1.165) is 5.56 Å². The second-order valence-corrected chi connectivity index (χ2v) is 3.29. The van der Waals surface area contributed by atoms with Crippen molar-refractivity contribution in [2.24, 2.45) is 0 Å². The summed E-state index contributed by atoms with van der Waals surface area (Å²) >= 11 is 0. The van der Waals surface area contributed by atoms with Crippen molar-refractivity contribution in [2.75, 3.05) is 13.2 Å². The summed E-state index contributed by atoms with van der Waals surface area (Å²) in [4.78, 5) is 15.4. The molecule has 0 aliphatic carbocycles. The van der Waals surface area contributed by atoms with E-state index in [1.165, 1.54) is 6.20 Å². The number of nitrogens with one attached hydrogen (secondary N) is 1. The van der Waals surface area contributed by atoms with Crippen LogP contribution in [0.25, 0.3) is 0 Å². The second kappa shape index (κ2) is 5.43. The first-order valence-electron chi connectivity index (χ1n) is 4.61. The maximum Gasteiger partial charge on any atom is 0.253 e. The third-order valence-electron chi connectivity index (χ3n) is 1.91. The van der Waals surface area contributed by atoms with Gasteiger partial charge in [-0.15, -0.1) is 0 Å². The monoisotopic (exact) mass is 210 g/mol. The van der Waals surface area contributed by atoms with E-state index in [1.54, 1.807) is 12.3 Å². The lowest BCUT2D eigenvalue weighted by molar-refractivity contribution is 0.0879. The Morgan fingerprint density at radius 3 is 2.67 bits per heavy atom. The first kappa shape index (κ1) is 11.6. The van der Waals surface area contributed by atoms with Gasteiger partial charge >= 0.3 is 0 Å². The van der Waals surface area contributed by atoms with Crippen LogP contribution in [-0.2, 0) is 0 Å². The summed E-state index contributed by atoms with van der Waals surface area (Å²) in [7, 11) is 0. The molecule has 0 atom stereocenters. The summed E-state index contributed by atoms with van der Waals surface area (Å²) in [5.41, 5.74) is 1.30. The zero-order valence-electron chi connectivity index (χ0n) is 8.47. The zero-order valence-corrected chi connectivity index (χ0v) is 8.47. The topological polar surface area (TPSA) is 82.5 Å². The Morgan fingerprint density at radius 2 is 2.13 bits per heavy atom. The van der Waals surface area contributed by atoms with Gasteiger partial charge in [0.2, 0.25) is 0 Å². The molecule has 82 valence electrons. The number of nitrogens with zero attached hydrogens (tertiary/aromatic N) is 1. The fraction of sp³-hybridized carbons (Fsp3) is 0.400. The standard InChI is InChI=1S/C10H14N2O3/c1-7-2-8(4-11-3-7)10(15)12-9(5-13)6-14/h2-4,9,13-14H,5-6H2,1H3,(H,12,15). The van der Waals surface area contributed by atoms with Gasteiger partial charge in [0.05, 0.1) is 24.8 Å². The molecule has 1 aromatic rings. The Labute approximate surface area is 87.8 Å². The van der Waals surface area contributed by atoms with Gasteiger partial charge in [-0.3, -0.25) is 9.78 Å². The second-order valence-electron chi connectivity index (χ2n) is 3.29. The van der Waals surface area contributed by atoms with Gasteiger partial charge in [0.1, 0.15) is 0 Å². The Balaban J connectivity index is 2.68. The number of aryl methyl sites for hydroxylation is 1. The molecular formula is C10H14N2O3. The molecule has 0 spiro atoms. The Hall–Kier alpha value is -1.46. The number of hydrogen-bond acceptors (Lipinski definition) is 4. The van der Waals surface area contributed by atoms with Crippen molar-refractivity contribution in [1.82, 2.24) is 10.3 Å². The number of amides is 1. The van der Waals surface area contributed by atoms with Gasteiger partial charge < -0.3 is 15.5 Å². The summed E-state index contributed by atoms with van der Waals surface area (Å²) in [6.07, 6.45) is 3.08. The van der Waals surface area contributed by atoms with Crippen molar-refractivity contribution in [3.8, 4) is 0 Å². The van der Waals surface area contributed by atoms with Crippen molar-refractivity contribution in [3.05, 3.63) is 29.6 Å². The molecule has 0 radical (unpaired) electrons. The molecule has 0 fully saturated rings. The van der Waals surface area contributed by atoms with Gasteiger partial charge in [0, 0.05) is 12.4 Å². The van der Waals surface area contributed by atoms with Crippen LogP contribution >= 0.6 is 0 Å². The molecule has 0 aromatic carbocycles. The van der Waals surface area contributed by atoms with Gasteiger partial charge in [0.25, 0.3) is 5.91 Å². The lowest BCUT2D eigenvalue weighted by Crippen LogP contribution is -2.40. The first-order valence-corrected chi connectivity index (χ1v) is 4.61. The van der Waals surface area contributed by atoms with Crippen molar-refractivity contribution >= 4 is 5.91 Å². The molecule has 0 saturated carbocycles. The van der Waals surface area contributed by atoms with E-state index >= 15 is 0 Å². The SMILES string of the molecule is Cc1cncc(C(=O)NC(CO)CO)c1. The molecule has 5 heteroatoms. The summed E-state index contributed by atoms with van der Waals surface area (Å²) in [5, 5.41) is 20.1. The predicted octanol–water partition coefficient (Wildman–Crippen LogP) is -0.527. The van der Waals surface area contributed by atoms with Crippen LogP contribution in [0, 0.1) is 6.92 Å². The maximum atomic E-state index is 11.6. The number of carbonyl (C=O) groups is 1. The summed E-state index contributed by atoms with van der Waals surface area (Å²) in [6, 6.07) is 1.06. The average Bonchev–Trinajstić information content (AvgIpc) is 2.25. The highest BCUT2D eigenvalue weighted by Crippen LogP contribution is 2.01. The van der Waals surface area contributed by atoms with Crippen molar-refractivity contribution < 1.29 is 15.0 Å². The highest BCUT2D eigenvalue weighted by atomic mass is 16.3. The number of aliphatic hydroxyl groups is 2. The molecule has 15 heavy (non-hydrogen) atoms. The smallest absolute Gasteiger partial charge is 0.253 e. The fourth-order valence-corrected chi connectivity index (χ4v) is 1.10. The maximum absolute atomic E-state index is 11.6. The lowest BCUT2D eigenvalue weighted by Gasteiger charge is -2.13. The van der Waals surface area contributed by atoms with Gasteiger partial charge in [-0.25, -0.2) is 0 Å². The number of carbonyl (C=O) groups excluding carboxylic acids is 1. The molecule has 5 nitrogen and oxygen atoms in total. The molecule has 1 heterocycles. The molecule has 0 unspecified atom stereocenters. The average molecular weight is 210 g/mol. The molecular weight excluding hydrogens is 196 g/mol. The summed E-state index contributed by atoms with van der Waals surface area (Å²) in [5.74, 6) is -0.348. The molecule has 1 rings (SSSR count). The van der Waals surface area contributed by atoms with Crippen LogP contribution in [0.3, 0.4) is 0 Å². The molecule has 0 bridgehead atoms. The highest BCUT2D eigenvalue weighted by molar-refractivity contribution is 5.94. The predicted molar refractivity (Wildman–Crippen MR) is 54.4 cm³/mol. The van der Waals surface area contributed by atoms with E-state index in [0.29, 0.717) is 5.56 Å². The number of pyridine rings is 1. The van der Waals surface area contributed by atoms with Gasteiger partial charge in [-0.1, -0.05) is 0 Å². The van der Waals surface area contributed by atoms with Crippen molar-refractivity contribution in [1.29, 1.82) is 0 Å². The Morgan fingerprint density at radius 1 is 1.47 bits per heavy atom. The van der Waals surface area contributed by atoms with Crippen molar-refractivity contribution in [3.63, 3.8) is 0 Å². The molecule has 0 aliphatic rings. The van der Waals surface area contributed by atoms with Gasteiger partial charge in [-0.2, -0.15) is 0 Å². The quantitative estimate of drug-likeness (QED) is 0.624. The summed E-state index contributed by atoms with van der Waals surface area (Å²) < 4.78 is 0. The lowest BCUT2D eigenvalue weighted by atomic mass is 10.2. The third kappa shape index (κ3) is 3.30. The molecule has 1 amide bonds. The third-order valence-corrected chi connectivity index (χ3v) is 1.91. The number of aliphatic hydroxyl groups excluding tert-OH is 2. The first-order chi connectivity index (χ1) is 7.17. The van der Waals surface area contributed by atoms with E-state index in [2.05, 4.69) is 10.3 Å². The minimum absolute atomic E-state index is 0.290. The fourth-order valence-electron chi connectivity index (χ4n) is 1.10. The number of hydrogen-bond donors (Lipinski definition) is 3. The van der Waals surface area contributed by atoms with E-state index in [-0.39, 0.29) is 19.1 Å². The van der Waals surface area contributed by atoms with Crippen LogP contribution < -0.4 is 5.32 Å². The van der Waals surface area contributed by atoms with Crippen LogP contribution in [0.1, 0.15) is 15.9 Å². The van der Waals surface area contributed by atoms with Crippen LogP contribution in [0.2, 0.25) is 0 Å². The molecule has 0 saturated heterocycles. The summed E-state index contributed by atoms with van der Waals surface area (Å²) in [6.45, 7) is 1.25. The van der Waals surface area contributed by atoms with Crippen LogP contribution in [0.5, 0.6) is 0 Å². The number of aromatic nitrogens is 1. The van der Waals surface area contributed by atoms with Crippen LogP contribution in [-0.4, -0.2) is 40.4 Å². The minimum Gasteiger partial charge on any atom is -0.394 e. The Kier molecular flexibility index (Phi) is 4.20. The normalized spacial score (nSPS) is 10.4. The van der Waals surface area contributed by atoms with E-state index in [1.807, 2.05) is 6.92 Å². The molecule has 0 aliphatic heterocycles. The van der Waals surface area contributed by atoms with Crippen LogP contribution in [0.15, 0.2) is 18.5 Å². The Bertz CT molecular complexity index is 337. The highest BCUT2D eigenvalue weighted by Gasteiger charge is 2.11.